The number of nitrogens with zero attached hydrogens (tertiary/aromatic N) is 1. The highest BCUT2D eigenvalue weighted by atomic mass is 35.5. The van der Waals surface area contributed by atoms with E-state index in [1.165, 1.54) is 11.0 Å². The van der Waals surface area contributed by atoms with Crippen LogP contribution in [0, 0.1) is 5.92 Å². The third kappa shape index (κ3) is 4.67. The fourth-order valence-electron chi connectivity index (χ4n) is 3.39. The van der Waals surface area contributed by atoms with E-state index in [1.54, 1.807) is 13.1 Å². The lowest BCUT2D eigenvalue weighted by Gasteiger charge is -2.29. The molecular weight excluding hydrogens is 370 g/mol. The molecule has 1 heterocycles. The molecule has 1 aromatic rings. The zero-order valence-electron chi connectivity index (χ0n) is 14.5. The van der Waals surface area contributed by atoms with Crippen LogP contribution in [0.2, 0.25) is 0 Å². The van der Waals surface area contributed by atoms with Gasteiger partial charge in [-0.15, -0.1) is 12.4 Å². The Kier molecular flexibility index (Phi) is 6.88. The third-order valence-corrected chi connectivity index (χ3v) is 4.62. The Labute approximate surface area is 157 Å². The van der Waals surface area contributed by atoms with Gasteiger partial charge in [-0.2, -0.15) is 8.78 Å². The second kappa shape index (κ2) is 8.73. The zero-order chi connectivity index (χ0) is 18.0. The molecule has 6 nitrogen and oxygen atoms in total. The molecule has 0 aromatic heterocycles. The third-order valence-electron chi connectivity index (χ3n) is 4.62. The van der Waals surface area contributed by atoms with E-state index in [4.69, 9.17) is 15.2 Å². The van der Waals surface area contributed by atoms with Crippen molar-refractivity contribution in [2.45, 2.75) is 44.9 Å². The summed E-state index contributed by atoms with van der Waals surface area (Å²) in [6, 6.07) is 2.99. The van der Waals surface area contributed by atoms with Crippen LogP contribution in [0.1, 0.15) is 31.2 Å². The maximum Gasteiger partial charge on any atom is 0.387 e. The summed E-state index contributed by atoms with van der Waals surface area (Å²) >= 11 is 0. The lowest BCUT2D eigenvalue weighted by Crippen LogP contribution is -2.38. The zero-order valence-corrected chi connectivity index (χ0v) is 15.3. The van der Waals surface area contributed by atoms with Gasteiger partial charge in [-0.05, 0) is 25.3 Å². The molecule has 3 rings (SSSR count). The number of rotatable bonds is 5. The molecule has 2 aliphatic rings. The molecule has 1 aliphatic carbocycles. The van der Waals surface area contributed by atoms with Gasteiger partial charge < -0.3 is 24.8 Å². The van der Waals surface area contributed by atoms with E-state index < -0.39 is 6.61 Å². The van der Waals surface area contributed by atoms with Gasteiger partial charge in [0.2, 0.25) is 12.7 Å². The molecule has 2 atom stereocenters. The minimum atomic E-state index is -2.96. The molecule has 1 amide bonds. The predicted octanol–water partition coefficient (Wildman–Crippen LogP) is 2.91. The van der Waals surface area contributed by atoms with Crippen LogP contribution in [-0.4, -0.2) is 37.3 Å². The Morgan fingerprint density at radius 2 is 2.04 bits per heavy atom. The molecule has 2 N–H and O–H groups in total. The highest BCUT2D eigenvalue weighted by Crippen LogP contribution is 2.39. The van der Waals surface area contributed by atoms with Gasteiger partial charge in [-0.25, -0.2) is 0 Å². The summed E-state index contributed by atoms with van der Waals surface area (Å²) in [7, 11) is 1.65. The molecule has 26 heavy (non-hydrogen) atoms. The number of halogens is 3. The van der Waals surface area contributed by atoms with Crippen molar-refractivity contribution >= 4 is 18.3 Å². The van der Waals surface area contributed by atoms with Crippen LogP contribution in [0.25, 0.3) is 0 Å². The van der Waals surface area contributed by atoms with Gasteiger partial charge in [0.05, 0.1) is 0 Å². The number of benzene rings is 1. The maximum absolute atomic E-state index is 12.7. The van der Waals surface area contributed by atoms with Gasteiger partial charge in [0, 0.05) is 37.2 Å². The number of fused-ring (bicyclic) bond motifs is 1. The first-order valence-electron chi connectivity index (χ1n) is 8.32. The molecule has 0 radical (unpaired) electrons. The van der Waals surface area contributed by atoms with Crippen LogP contribution < -0.4 is 19.9 Å². The molecule has 1 fully saturated rings. The Morgan fingerprint density at radius 1 is 1.35 bits per heavy atom. The largest absolute Gasteiger partial charge is 0.454 e. The SMILES string of the molecule is CN(Cc1cc2c(cc1OC(F)F)OCO2)C(=O)C1CCCC(N)C1.Cl. The first-order valence-corrected chi connectivity index (χ1v) is 8.32. The molecular formula is C17H23ClF2N2O4. The Bertz CT molecular complexity index is 647. The molecule has 1 saturated carbocycles. The van der Waals surface area contributed by atoms with Crippen LogP contribution in [0.5, 0.6) is 17.2 Å². The van der Waals surface area contributed by atoms with Gasteiger partial charge in [0.1, 0.15) is 5.75 Å². The summed E-state index contributed by atoms with van der Waals surface area (Å²) in [6.45, 7) is -2.79. The number of ether oxygens (including phenoxy) is 3. The molecule has 0 saturated heterocycles. The summed E-state index contributed by atoms with van der Waals surface area (Å²) in [5.74, 6) is 0.640. The van der Waals surface area contributed by atoms with Crippen molar-refractivity contribution in [2.24, 2.45) is 11.7 Å². The Hall–Kier alpha value is -1.80. The molecule has 0 spiro atoms. The van der Waals surface area contributed by atoms with E-state index in [1.807, 2.05) is 0 Å². The highest BCUT2D eigenvalue weighted by Gasteiger charge is 2.29. The number of hydrogen-bond donors (Lipinski definition) is 1. The van der Waals surface area contributed by atoms with E-state index in [-0.39, 0.29) is 49.4 Å². The summed E-state index contributed by atoms with van der Waals surface area (Å²) in [5, 5.41) is 0. The number of carbonyl (C=O) groups is 1. The minimum Gasteiger partial charge on any atom is -0.454 e. The monoisotopic (exact) mass is 392 g/mol. The fourth-order valence-corrected chi connectivity index (χ4v) is 3.39. The van der Waals surface area contributed by atoms with Crippen molar-refractivity contribution in [2.75, 3.05) is 13.8 Å². The normalized spacial score (nSPS) is 21.3. The van der Waals surface area contributed by atoms with E-state index in [9.17, 15) is 13.6 Å². The van der Waals surface area contributed by atoms with Crippen molar-refractivity contribution in [1.29, 1.82) is 0 Å². The van der Waals surface area contributed by atoms with Gasteiger partial charge in [0.25, 0.3) is 0 Å². The van der Waals surface area contributed by atoms with E-state index in [0.29, 0.717) is 23.5 Å². The smallest absolute Gasteiger partial charge is 0.387 e. The summed E-state index contributed by atoms with van der Waals surface area (Å²) < 4.78 is 40.5. The molecule has 0 bridgehead atoms. The van der Waals surface area contributed by atoms with Crippen molar-refractivity contribution < 1.29 is 27.8 Å². The average molecular weight is 393 g/mol. The van der Waals surface area contributed by atoms with E-state index in [2.05, 4.69) is 4.74 Å². The molecule has 146 valence electrons. The lowest BCUT2D eigenvalue weighted by molar-refractivity contribution is -0.136. The second-order valence-corrected chi connectivity index (χ2v) is 6.51. The van der Waals surface area contributed by atoms with Gasteiger partial charge in [0.15, 0.2) is 11.5 Å². The predicted molar refractivity (Wildman–Crippen MR) is 92.9 cm³/mol. The lowest BCUT2D eigenvalue weighted by atomic mass is 9.85. The fraction of sp³-hybridized carbons (Fsp3) is 0.588. The molecule has 1 aromatic carbocycles. The van der Waals surface area contributed by atoms with Gasteiger partial charge >= 0.3 is 6.61 Å². The summed E-state index contributed by atoms with van der Waals surface area (Å²) in [4.78, 5) is 14.2. The van der Waals surface area contributed by atoms with Crippen LogP contribution in [0.15, 0.2) is 12.1 Å². The number of amides is 1. The Balaban J connectivity index is 0.00000243. The van der Waals surface area contributed by atoms with Gasteiger partial charge in [-0.3, -0.25) is 4.79 Å². The number of nitrogens with two attached hydrogens (primary N) is 1. The van der Waals surface area contributed by atoms with Crippen LogP contribution in [-0.2, 0) is 11.3 Å². The molecule has 1 aliphatic heterocycles. The van der Waals surface area contributed by atoms with Crippen molar-refractivity contribution in [3.63, 3.8) is 0 Å². The topological polar surface area (TPSA) is 74.0 Å². The van der Waals surface area contributed by atoms with Crippen molar-refractivity contribution in [3.8, 4) is 17.2 Å². The maximum atomic E-state index is 12.7. The van der Waals surface area contributed by atoms with E-state index >= 15 is 0 Å². The van der Waals surface area contributed by atoms with E-state index in [0.717, 1.165) is 19.3 Å². The molecule has 2 unspecified atom stereocenters. The highest BCUT2D eigenvalue weighted by molar-refractivity contribution is 5.85. The number of alkyl halides is 2. The van der Waals surface area contributed by atoms with Crippen LogP contribution in [0.3, 0.4) is 0 Å². The van der Waals surface area contributed by atoms with Crippen LogP contribution >= 0.6 is 12.4 Å². The second-order valence-electron chi connectivity index (χ2n) is 6.51. The van der Waals surface area contributed by atoms with Crippen molar-refractivity contribution in [3.05, 3.63) is 17.7 Å². The standard InChI is InChI=1S/C17H22F2N2O4.ClH/c1-21(16(22)10-3-2-4-12(20)5-10)8-11-6-14-15(24-9-23-14)7-13(11)25-17(18)19;/h6-7,10,12,17H,2-5,8-9,20H2,1H3;1H. The first-order chi connectivity index (χ1) is 11.9. The Morgan fingerprint density at radius 3 is 2.69 bits per heavy atom. The number of carbonyl (C=O) groups excluding carboxylic acids is 1. The first kappa shape index (κ1) is 20.5. The summed E-state index contributed by atoms with van der Waals surface area (Å²) in [6.07, 6.45) is 3.32. The van der Waals surface area contributed by atoms with Crippen molar-refractivity contribution in [1.82, 2.24) is 4.90 Å². The summed E-state index contributed by atoms with van der Waals surface area (Å²) in [5.41, 5.74) is 6.40. The minimum absolute atomic E-state index is 0. The number of hydrogen-bond acceptors (Lipinski definition) is 5. The average Bonchev–Trinajstić information content (AvgIpc) is 3.01. The quantitative estimate of drug-likeness (QED) is 0.834. The van der Waals surface area contributed by atoms with Gasteiger partial charge in [-0.1, -0.05) is 6.42 Å². The van der Waals surface area contributed by atoms with Crippen LogP contribution in [0.4, 0.5) is 8.78 Å². The molecule has 9 heteroatoms.